The molecule has 2 aromatic rings. The van der Waals surface area contributed by atoms with Gasteiger partial charge in [-0.3, -0.25) is 14.9 Å². The minimum atomic E-state index is -0.551. The Morgan fingerprint density at radius 2 is 2.00 bits per heavy atom. The van der Waals surface area contributed by atoms with E-state index in [-0.39, 0.29) is 24.0 Å². The fourth-order valence-corrected chi connectivity index (χ4v) is 3.31. The Bertz CT molecular complexity index is 851. The summed E-state index contributed by atoms with van der Waals surface area (Å²) < 4.78 is 10.3. The second-order valence-electron chi connectivity index (χ2n) is 5.53. The molecule has 0 spiro atoms. The van der Waals surface area contributed by atoms with Crippen molar-refractivity contribution in [2.45, 2.75) is 5.75 Å². The number of hydrogen-bond donors (Lipinski definition) is 1. The number of carbonyl (C=O) groups excluding carboxylic acids is 1. The SMILES string of the molecule is COc1cc(OCC(=O)NCCSCc2ccc(Cl)c(Cl)c2)ccc1[N+](=O)[O-]. The van der Waals surface area contributed by atoms with Crippen LogP contribution in [-0.2, 0) is 10.5 Å². The van der Waals surface area contributed by atoms with Crippen LogP contribution in [0.2, 0.25) is 10.0 Å². The molecule has 0 aliphatic heterocycles. The summed E-state index contributed by atoms with van der Waals surface area (Å²) >= 11 is 13.5. The van der Waals surface area contributed by atoms with Gasteiger partial charge in [0.05, 0.1) is 22.1 Å². The van der Waals surface area contributed by atoms with Gasteiger partial charge in [0, 0.05) is 30.2 Å². The summed E-state index contributed by atoms with van der Waals surface area (Å²) in [5.74, 6) is 1.57. The third-order valence-electron chi connectivity index (χ3n) is 3.54. The van der Waals surface area contributed by atoms with Crippen LogP contribution >= 0.6 is 35.0 Å². The van der Waals surface area contributed by atoms with Crippen molar-refractivity contribution in [3.63, 3.8) is 0 Å². The van der Waals surface area contributed by atoms with Gasteiger partial charge in [0.2, 0.25) is 5.75 Å². The molecule has 0 saturated carbocycles. The molecule has 10 heteroatoms. The summed E-state index contributed by atoms with van der Waals surface area (Å²) in [5, 5.41) is 14.6. The number of nitrogens with zero attached hydrogens (tertiary/aromatic N) is 1. The molecule has 0 unspecified atom stereocenters. The number of nitro groups is 1. The number of halogens is 2. The first-order chi connectivity index (χ1) is 13.4. The van der Waals surface area contributed by atoms with Crippen LogP contribution in [0, 0.1) is 10.1 Å². The summed E-state index contributed by atoms with van der Waals surface area (Å²) in [6.07, 6.45) is 0. The average molecular weight is 445 g/mol. The lowest BCUT2D eigenvalue weighted by molar-refractivity contribution is -0.385. The highest BCUT2D eigenvalue weighted by Gasteiger charge is 2.15. The summed E-state index contributed by atoms with van der Waals surface area (Å²) in [6.45, 7) is 0.288. The normalized spacial score (nSPS) is 10.4. The number of amides is 1. The lowest BCUT2D eigenvalue weighted by atomic mass is 10.2. The van der Waals surface area contributed by atoms with Gasteiger partial charge in [0.25, 0.3) is 5.91 Å². The van der Waals surface area contributed by atoms with E-state index in [0.29, 0.717) is 22.3 Å². The molecule has 0 atom stereocenters. The predicted octanol–water partition coefficient (Wildman–Crippen LogP) is 4.34. The van der Waals surface area contributed by atoms with Crippen molar-refractivity contribution < 1.29 is 19.2 Å². The van der Waals surface area contributed by atoms with Crippen molar-refractivity contribution in [1.82, 2.24) is 5.32 Å². The van der Waals surface area contributed by atoms with E-state index in [9.17, 15) is 14.9 Å². The fraction of sp³-hybridized carbons (Fsp3) is 0.278. The first kappa shape index (κ1) is 22.1. The molecule has 0 aliphatic rings. The molecule has 0 fully saturated rings. The number of nitrogens with one attached hydrogen (secondary N) is 1. The lowest BCUT2D eigenvalue weighted by Crippen LogP contribution is -2.30. The van der Waals surface area contributed by atoms with Crippen molar-refractivity contribution in [2.24, 2.45) is 0 Å². The molecule has 2 aromatic carbocycles. The smallest absolute Gasteiger partial charge is 0.311 e. The highest BCUT2D eigenvalue weighted by molar-refractivity contribution is 7.98. The first-order valence-electron chi connectivity index (χ1n) is 8.14. The lowest BCUT2D eigenvalue weighted by Gasteiger charge is -2.09. The number of hydrogen-bond acceptors (Lipinski definition) is 6. The van der Waals surface area contributed by atoms with Crippen LogP contribution in [0.1, 0.15) is 5.56 Å². The quantitative estimate of drug-likeness (QED) is 0.333. The largest absolute Gasteiger partial charge is 0.490 e. The summed E-state index contributed by atoms with van der Waals surface area (Å²) in [7, 11) is 1.33. The van der Waals surface area contributed by atoms with E-state index in [4.69, 9.17) is 32.7 Å². The number of ether oxygens (including phenoxy) is 2. The minimum absolute atomic E-state index is 0.0709. The van der Waals surface area contributed by atoms with Crippen LogP contribution in [0.25, 0.3) is 0 Å². The summed E-state index contributed by atoms with van der Waals surface area (Å²) in [4.78, 5) is 22.2. The van der Waals surface area contributed by atoms with Gasteiger partial charge in [-0.15, -0.1) is 0 Å². The van der Waals surface area contributed by atoms with E-state index in [0.717, 1.165) is 17.1 Å². The minimum Gasteiger partial charge on any atom is -0.490 e. The van der Waals surface area contributed by atoms with E-state index >= 15 is 0 Å². The second kappa shape index (κ2) is 11.0. The Hall–Kier alpha value is -2.16. The number of carbonyl (C=O) groups is 1. The standard InChI is InChI=1S/C18H18Cl2N2O5S/c1-26-17-9-13(3-5-16(17)22(24)25)27-10-18(23)21-6-7-28-11-12-2-4-14(19)15(20)8-12/h2-5,8-9H,6-7,10-11H2,1H3,(H,21,23). The molecule has 0 radical (unpaired) electrons. The maximum absolute atomic E-state index is 11.8. The van der Waals surface area contributed by atoms with Crippen molar-refractivity contribution in [2.75, 3.05) is 26.0 Å². The van der Waals surface area contributed by atoms with Gasteiger partial charge in [-0.1, -0.05) is 29.3 Å². The van der Waals surface area contributed by atoms with Gasteiger partial charge in [-0.25, -0.2) is 0 Å². The van der Waals surface area contributed by atoms with Crippen molar-refractivity contribution in [3.05, 3.63) is 62.1 Å². The molecule has 28 heavy (non-hydrogen) atoms. The Morgan fingerprint density at radius 3 is 2.68 bits per heavy atom. The van der Waals surface area contributed by atoms with Crippen molar-refractivity contribution >= 4 is 46.6 Å². The molecule has 0 bridgehead atoms. The van der Waals surface area contributed by atoms with Gasteiger partial charge in [0.1, 0.15) is 5.75 Å². The van der Waals surface area contributed by atoms with E-state index in [1.54, 1.807) is 17.8 Å². The van der Waals surface area contributed by atoms with Crippen molar-refractivity contribution in [1.29, 1.82) is 0 Å². The van der Waals surface area contributed by atoms with Crippen LogP contribution in [0.5, 0.6) is 11.5 Å². The highest BCUT2D eigenvalue weighted by atomic mass is 35.5. The molecule has 2 rings (SSSR count). The van der Waals surface area contributed by atoms with E-state index in [1.807, 2.05) is 12.1 Å². The van der Waals surface area contributed by atoms with E-state index in [1.165, 1.54) is 25.3 Å². The first-order valence-corrected chi connectivity index (χ1v) is 10.1. The van der Waals surface area contributed by atoms with E-state index < -0.39 is 4.92 Å². The Morgan fingerprint density at radius 1 is 1.21 bits per heavy atom. The predicted molar refractivity (Wildman–Crippen MR) is 111 cm³/mol. The molecule has 0 saturated heterocycles. The molecule has 7 nitrogen and oxygen atoms in total. The molecular weight excluding hydrogens is 427 g/mol. The van der Waals surface area contributed by atoms with Gasteiger partial charge in [0.15, 0.2) is 6.61 Å². The van der Waals surface area contributed by atoms with Crippen LogP contribution in [0.15, 0.2) is 36.4 Å². The Kier molecular flexibility index (Phi) is 8.69. The molecule has 0 aromatic heterocycles. The number of methoxy groups -OCH3 is 1. The highest BCUT2D eigenvalue weighted by Crippen LogP contribution is 2.30. The fourth-order valence-electron chi connectivity index (χ4n) is 2.18. The third kappa shape index (κ3) is 6.78. The maximum atomic E-state index is 11.8. The molecule has 0 aliphatic carbocycles. The zero-order valence-corrected chi connectivity index (χ0v) is 17.3. The molecule has 1 amide bonds. The number of benzene rings is 2. The Balaban J connectivity index is 1.68. The molecule has 1 N–H and O–H groups in total. The zero-order valence-electron chi connectivity index (χ0n) is 14.9. The third-order valence-corrected chi connectivity index (χ3v) is 5.31. The molecular formula is C18H18Cl2N2O5S. The van der Waals surface area contributed by atoms with Crippen LogP contribution in [0.4, 0.5) is 5.69 Å². The van der Waals surface area contributed by atoms with E-state index in [2.05, 4.69) is 5.32 Å². The summed E-state index contributed by atoms with van der Waals surface area (Å²) in [6, 6.07) is 9.55. The summed E-state index contributed by atoms with van der Waals surface area (Å²) in [5.41, 5.74) is 0.888. The maximum Gasteiger partial charge on any atom is 0.311 e. The van der Waals surface area contributed by atoms with Gasteiger partial charge in [-0.05, 0) is 23.8 Å². The second-order valence-corrected chi connectivity index (χ2v) is 7.45. The Labute approximate surface area is 176 Å². The van der Waals surface area contributed by atoms with Gasteiger partial charge >= 0.3 is 5.69 Å². The van der Waals surface area contributed by atoms with Gasteiger partial charge < -0.3 is 14.8 Å². The zero-order chi connectivity index (χ0) is 20.5. The number of rotatable bonds is 10. The van der Waals surface area contributed by atoms with Crippen molar-refractivity contribution in [3.8, 4) is 11.5 Å². The van der Waals surface area contributed by atoms with Crippen LogP contribution in [0.3, 0.4) is 0 Å². The topological polar surface area (TPSA) is 90.7 Å². The molecule has 0 heterocycles. The molecule has 150 valence electrons. The van der Waals surface area contributed by atoms with Crippen LogP contribution < -0.4 is 14.8 Å². The number of nitro benzene ring substituents is 1. The van der Waals surface area contributed by atoms with Crippen LogP contribution in [-0.4, -0.2) is 36.8 Å². The number of thioether (sulfide) groups is 1. The van der Waals surface area contributed by atoms with Gasteiger partial charge in [-0.2, -0.15) is 11.8 Å². The average Bonchev–Trinajstić information content (AvgIpc) is 2.68. The monoisotopic (exact) mass is 444 g/mol.